The molecule has 1 aliphatic rings. The van der Waals surface area contributed by atoms with Crippen LogP contribution in [0.5, 0.6) is 0 Å². The van der Waals surface area contributed by atoms with E-state index in [1.54, 1.807) is 12.1 Å². The summed E-state index contributed by atoms with van der Waals surface area (Å²) < 4.78 is 12.8. The van der Waals surface area contributed by atoms with Crippen molar-refractivity contribution in [3.63, 3.8) is 0 Å². The Hall–Kier alpha value is -1.75. The summed E-state index contributed by atoms with van der Waals surface area (Å²) >= 11 is 0. The van der Waals surface area contributed by atoms with Gasteiger partial charge >= 0.3 is 0 Å². The molecule has 0 saturated carbocycles. The summed E-state index contributed by atoms with van der Waals surface area (Å²) in [6.07, 6.45) is 0.181. The number of carbonyl (C=O) groups excluding carboxylic acids is 2. The minimum absolute atomic E-state index is 0.112. The summed E-state index contributed by atoms with van der Waals surface area (Å²) in [6, 6.07) is 5.49. The molecule has 0 aromatic heterocycles. The fraction of sp³-hybridized carbons (Fsp3) is 0.385. The predicted molar refractivity (Wildman–Crippen MR) is 64.1 cm³/mol. The molecule has 1 aliphatic heterocycles. The number of imide groups is 1. The minimum atomic E-state index is -0.484. The number of hydrogen-bond acceptors (Lipinski definition) is 3. The van der Waals surface area contributed by atoms with E-state index >= 15 is 0 Å². The Labute approximate surface area is 105 Å². The van der Waals surface area contributed by atoms with Crippen LogP contribution in [0.25, 0.3) is 0 Å². The standard InChI is InChI=1S/C13H15FN2O2/c1-8(9-3-5-10(14)6-4-9)15-11-7-12(17)16(2)13(11)18/h3-6,8,11,15H,7H2,1-2H3. The zero-order valence-corrected chi connectivity index (χ0v) is 10.3. The van der Waals surface area contributed by atoms with Crippen molar-refractivity contribution < 1.29 is 14.0 Å². The second kappa shape index (κ2) is 4.86. The summed E-state index contributed by atoms with van der Waals surface area (Å²) in [7, 11) is 1.48. The van der Waals surface area contributed by atoms with E-state index in [1.165, 1.54) is 19.2 Å². The van der Waals surface area contributed by atoms with Crippen LogP contribution in [0.3, 0.4) is 0 Å². The van der Waals surface area contributed by atoms with Crippen molar-refractivity contribution in [3.05, 3.63) is 35.6 Å². The van der Waals surface area contributed by atoms with Crippen LogP contribution in [0.4, 0.5) is 4.39 Å². The lowest BCUT2D eigenvalue weighted by Crippen LogP contribution is -2.38. The van der Waals surface area contributed by atoms with Crippen molar-refractivity contribution >= 4 is 11.8 Å². The number of rotatable bonds is 3. The zero-order chi connectivity index (χ0) is 13.3. The van der Waals surface area contributed by atoms with E-state index < -0.39 is 6.04 Å². The van der Waals surface area contributed by atoms with Crippen LogP contribution in [0.2, 0.25) is 0 Å². The molecule has 1 N–H and O–H groups in total. The maximum absolute atomic E-state index is 12.8. The van der Waals surface area contributed by atoms with Gasteiger partial charge in [-0.05, 0) is 24.6 Å². The van der Waals surface area contributed by atoms with Gasteiger partial charge in [-0.15, -0.1) is 0 Å². The minimum Gasteiger partial charge on any atom is -0.299 e. The average molecular weight is 250 g/mol. The molecule has 2 amide bonds. The molecule has 0 aliphatic carbocycles. The molecule has 1 fully saturated rings. The Balaban J connectivity index is 2.04. The van der Waals surface area contributed by atoms with Gasteiger partial charge in [-0.2, -0.15) is 0 Å². The highest BCUT2D eigenvalue weighted by atomic mass is 19.1. The fourth-order valence-electron chi connectivity index (χ4n) is 2.04. The van der Waals surface area contributed by atoms with E-state index in [-0.39, 0.29) is 30.1 Å². The second-order valence-electron chi connectivity index (χ2n) is 4.49. The van der Waals surface area contributed by atoms with Gasteiger partial charge in [0.25, 0.3) is 0 Å². The highest BCUT2D eigenvalue weighted by Gasteiger charge is 2.36. The Morgan fingerprint density at radius 1 is 1.33 bits per heavy atom. The normalized spacial score (nSPS) is 21.5. The van der Waals surface area contributed by atoms with Crippen molar-refractivity contribution in [3.8, 4) is 0 Å². The van der Waals surface area contributed by atoms with Crippen molar-refractivity contribution in [1.29, 1.82) is 0 Å². The largest absolute Gasteiger partial charge is 0.299 e. The Kier molecular flexibility index (Phi) is 3.43. The van der Waals surface area contributed by atoms with Crippen LogP contribution in [-0.2, 0) is 9.59 Å². The molecule has 4 nitrogen and oxygen atoms in total. The SMILES string of the molecule is CC(NC1CC(=O)N(C)C1=O)c1ccc(F)cc1. The predicted octanol–water partition coefficient (Wildman–Crippen LogP) is 1.23. The van der Waals surface area contributed by atoms with Gasteiger partial charge in [-0.25, -0.2) is 4.39 Å². The second-order valence-corrected chi connectivity index (χ2v) is 4.49. The third-order valence-electron chi connectivity index (χ3n) is 3.20. The van der Waals surface area contributed by atoms with Gasteiger partial charge in [-0.3, -0.25) is 19.8 Å². The summed E-state index contributed by atoms with van der Waals surface area (Å²) in [5.74, 6) is -0.685. The molecule has 5 heteroatoms. The lowest BCUT2D eigenvalue weighted by Gasteiger charge is -2.18. The zero-order valence-electron chi connectivity index (χ0n) is 10.3. The monoisotopic (exact) mass is 250 g/mol. The molecule has 96 valence electrons. The van der Waals surface area contributed by atoms with Crippen LogP contribution in [0, 0.1) is 5.82 Å². The topological polar surface area (TPSA) is 49.4 Å². The van der Waals surface area contributed by atoms with Gasteiger partial charge in [0.05, 0.1) is 12.5 Å². The Morgan fingerprint density at radius 3 is 2.44 bits per heavy atom. The van der Waals surface area contributed by atoms with Crippen molar-refractivity contribution in [2.45, 2.75) is 25.4 Å². The van der Waals surface area contributed by atoms with E-state index in [0.29, 0.717) is 0 Å². The molecular formula is C13H15FN2O2. The van der Waals surface area contributed by atoms with Crippen LogP contribution in [0.1, 0.15) is 24.9 Å². The number of benzene rings is 1. The van der Waals surface area contributed by atoms with Gasteiger partial charge in [0.2, 0.25) is 11.8 Å². The molecular weight excluding hydrogens is 235 g/mol. The van der Waals surface area contributed by atoms with Crippen LogP contribution < -0.4 is 5.32 Å². The molecule has 2 atom stereocenters. The highest BCUT2D eigenvalue weighted by molar-refractivity contribution is 6.05. The number of amides is 2. The summed E-state index contributed by atoms with van der Waals surface area (Å²) in [4.78, 5) is 24.2. The molecule has 1 aromatic rings. The van der Waals surface area contributed by atoms with Gasteiger partial charge in [0.15, 0.2) is 0 Å². The number of likely N-dealkylation sites (tertiary alicyclic amines) is 1. The van der Waals surface area contributed by atoms with E-state index in [4.69, 9.17) is 0 Å². The van der Waals surface area contributed by atoms with Crippen molar-refractivity contribution in [1.82, 2.24) is 10.2 Å². The Bertz CT molecular complexity index is 472. The van der Waals surface area contributed by atoms with Crippen LogP contribution in [0.15, 0.2) is 24.3 Å². The van der Waals surface area contributed by atoms with Gasteiger partial charge < -0.3 is 0 Å². The Morgan fingerprint density at radius 2 is 1.94 bits per heavy atom. The maximum atomic E-state index is 12.8. The molecule has 1 aromatic carbocycles. The first-order valence-electron chi connectivity index (χ1n) is 5.81. The first kappa shape index (κ1) is 12.7. The molecule has 18 heavy (non-hydrogen) atoms. The third-order valence-corrected chi connectivity index (χ3v) is 3.20. The number of likely N-dealkylation sites (N-methyl/N-ethyl adjacent to an activating group) is 1. The van der Waals surface area contributed by atoms with E-state index in [0.717, 1.165) is 10.5 Å². The average Bonchev–Trinajstić information content (AvgIpc) is 2.58. The van der Waals surface area contributed by atoms with E-state index in [1.807, 2.05) is 6.92 Å². The number of hydrogen-bond donors (Lipinski definition) is 1. The van der Waals surface area contributed by atoms with Crippen molar-refractivity contribution in [2.24, 2.45) is 0 Å². The summed E-state index contributed by atoms with van der Waals surface area (Å²) in [5, 5.41) is 3.09. The lowest BCUT2D eigenvalue weighted by molar-refractivity contribution is -0.137. The molecule has 2 rings (SSSR count). The molecule has 0 spiro atoms. The number of nitrogens with one attached hydrogen (secondary N) is 1. The molecule has 0 radical (unpaired) electrons. The highest BCUT2D eigenvalue weighted by Crippen LogP contribution is 2.18. The fourth-order valence-corrected chi connectivity index (χ4v) is 2.04. The molecule has 0 bridgehead atoms. The van der Waals surface area contributed by atoms with E-state index in [9.17, 15) is 14.0 Å². The van der Waals surface area contributed by atoms with Crippen LogP contribution >= 0.6 is 0 Å². The number of halogens is 1. The van der Waals surface area contributed by atoms with Crippen LogP contribution in [-0.4, -0.2) is 29.8 Å². The quantitative estimate of drug-likeness (QED) is 0.821. The maximum Gasteiger partial charge on any atom is 0.246 e. The molecule has 1 heterocycles. The van der Waals surface area contributed by atoms with Crippen molar-refractivity contribution in [2.75, 3.05) is 7.05 Å². The smallest absolute Gasteiger partial charge is 0.246 e. The van der Waals surface area contributed by atoms with Gasteiger partial charge in [-0.1, -0.05) is 12.1 Å². The molecule has 1 saturated heterocycles. The van der Waals surface area contributed by atoms with Gasteiger partial charge in [0.1, 0.15) is 5.82 Å². The third kappa shape index (κ3) is 2.41. The number of nitrogens with zero attached hydrogens (tertiary/aromatic N) is 1. The first-order valence-corrected chi connectivity index (χ1v) is 5.81. The summed E-state index contributed by atoms with van der Waals surface area (Å²) in [6.45, 7) is 1.88. The van der Waals surface area contributed by atoms with E-state index in [2.05, 4.69) is 5.32 Å². The first-order chi connectivity index (χ1) is 8.49. The van der Waals surface area contributed by atoms with Gasteiger partial charge in [0, 0.05) is 13.1 Å². The lowest BCUT2D eigenvalue weighted by atomic mass is 10.1. The summed E-state index contributed by atoms with van der Waals surface area (Å²) in [5.41, 5.74) is 0.881. The number of carbonyl (C=O) groups is 2. The molecule has 2 unspecified atom stereocenters.